The second-order valence-corrected chi connectivity index (χ2v) is 8.46. The van der Waals surface area contributed by atoms with Crippen molar-refractivity contribution in [3.63, 3.8) is 0 Å². The topological polar surface area (TPSA) is 91.8 Å². The monoisotopic (exact) mass is 373 g/mol. The van der Waals surface area contributed by atoms with Crippen LogP contribution in [0.5, 0.6) is 0 Å². The number of rotatable bonds is 5. The molecule has 1 N–H and O–H groups in total. The third kappa shape index (κ3) is 3.35. The molecule has 2 aromatic rings. The van der Waals surface area contributed by atoms with Gasteiger partial charge in [-0.3, -0.25) is 9.59 Å². The van der Waals surface area contributed by atoms with Crippen molar-refractivity contribution in [3.8, 4) is 0 Å². The molecule has 1 aliphatic rings. The van der Waals surface area contributed by atoms with Gasteiger partial charge in [0.15, 0.2) is 9.84 Å². The quantitative estimate of drug-likeness (QED) is 0.868. The van der Waals surface area contributed by atoms with E-state index in [1.165, 1.54) is 17.0 Å². The van der Waals surface area contributed by atoms with Crippen molar-refractivity contribution in [2.75, 3.05) is 17.2 Å². The molecule has 26 heavy (non-hydrogen) atoms. The van der Waals surface area contributed by atoms with Crippen LogP contribution < -0.4 is 4.90 Å². The molecule has 1 unspecified atom stereocenters. The van der Waals surface area contributed by atoms with Crippen molar-refractivity contribution in [2.24, 2.45) is 0 Å². The lowest BCUT2D eigenvalue weighted by molar-refractivity contribution is -0.138. The van der Waals surface area contributed by atoms with Crippen LogP contribution in [-0.4, -0.2) is 37.7 Å². The Balaban J connectivity index is 1.86. The second kappa shape index (κ2) is 6.92. The van der Waals surface area contributed by atoms with Gasteiger partial charge in [-0.05, 0) is 29.3 Å². The van der Waals surface area contributed by atoms with Crippen molar-refractivity contribution in [3.05, 3.63) is 59.7 Å². The van der Waals surface area contributed by atoms with Gasteiger partial charge in [-0.1, -0.05) is 37.3 Å². The van der Waals surface area contributed by atoms with Gasteiger partial charge in [-0.2, -0.15) is 0 Å². The van der Waals surface area contributed by atoms with Gasteiger partial charge < -0.3 is 10.0 Å². The summed E-state index contributed by atoms with van der Waals surface area (Å²) in [6, 6.07) is 13.3. The highest BCUT2D eigenvalue weighted by Crippen LogP contribution is 2.36. The van der Waals surface area contributed by atoms with Crippen LogP contribution in [0.2, 0.25) is 0 Å². The molecule has 0 fully saturated rings. The summed E-state index contributed by atoms with van der Waals surface area (Å²) < 4.78 is 24.0. The van der Waals surface area contributed by atoms with E-state index in [2.05, 4.69) is 0 Å². The van der Waals surface area contributed by atoms with Crippen molar-refractivity contribution in [2.45, 2.75) is 24.2 Å². The third-order valence-corrected chi connectivity index (χ3v) is 6.29. The zero-order chi connectivity index (χ0) is 18.9. The normalized spacial score (nSPS) is 16.3. The van der Waals surface area contributed by atoms with E-state index in [0.29, 0.717) is 16.8 Å². The van der Waals surface area contributed by atoms with Gasteiger partial charge in [0.1, 0.15) is 5.92 Å². The Bertz CT molecular complexity index is 967. The van der Waals surface area contributed by atoms with Crippen molar-refractivity contribution in [1.29, 1.82) is 0 Å². The SMILES string of the molecule is CCS(=O)(=O)c1cccc(CC(=O)N2CC(C(=O)O)c3ccccc32)c1. The average Bonchev–Trinajstić information content (AvgIpc) is 3.02. The number of sulfone groups is 1. The van der Waals surface area contributed by atoms with Gasteiger partial charge in [0.25, 0.3) is 0 Å². The summed E-state index contributed by atoms with van der Waals surface area (Å²) in [5.41, 5.74) is 1.80. The number of benzene rings is 2. The number of carbonyl (C=O) groups is 2. The lowest BCUT2D eigenvalue weighted by Crippen LogP contribution is -2.32. The van der Waals surface area contributed by atoms with E-state index in [4.69, 9.17) is 0 Å². The first-order valence-electron chi connectivity index (χ1n) is 8.27. The van der Waals surface area contributed by atoms with Crippen LogP contribution in [0.15, 0.2) is 53.4 Å². The number of para-hydroxylation sites is 1. The number of carboxylic acid groups (broad SMARTS) is 1. The van der Waals surface area contributed by atoms with E-state index in [0.717, 1.165) is 0 Å². The van der Waals surface area contributed by atoms with E-state index in [-0.39, 0.29) is 29.5 Å². The average molecular weight is 373 g/mol. The number of carboxylic acids is 1. The molecule has 1 atom stereocenters. The smallest absolute Gasteiger partial charge is 0.312 e. The molecule has 1 heterocycles. The van der Waals surface area contributed by atoms with E-state index < -0.39 is 21.7 Å². The molecule has 1 aliphatic heterocycles. The van der Waals surface area contributed by atoms with Crippen LogP contribution in [0.1, 0.15) is 24.0 Å². The molecule has 6 nitrogen and oxygen atoms in total. The van der Waals surface area contributed by atoms with E-state index in [9.17, 15) is 23.1 Å². The number of carbonyl (C=O) groups excluding carboxylic acids is 1. The van der Waals surface area contributed by atoms with Crippen LogP contribution >= 0.6 is 0 Å². The molecule has 0 spiro atoms. The van der Waals surface area contributed by atoms with Gasteiger partial charge in [0, 0.05) is 12.2 Å². The molecule has 0 saturated heterocycles. The third-order valence-electron chi connectivity index (χ3n) is 4.56. The van der Waals surface area contributed by atoms with Crippen LogP contribution in [0.25, 0.3) is 0 Å². The minimum atomic E-state index is -3.35. The number of hydrogen-bond donors (Lipinski definition) is 1. The molecule has 0 radical (unpaired) electrons. The first-order valence-corrected chi connectivity index (χ1v) is 9.92. The predicted molar refractivity (Wildman–Crippen MR) is 97.0 cm³/mol. The first-order chi connectivity index (χ1) is 12.3. The number of amides is 1. The molecule has 0 aromatic heterocycles. The molecule has 0 saturated carbocycles. The molecule has 3 rings (SSSR count). The second-order valence-electron chi connectivity index (χ2n) is 6.18. The maximum absolute atomic E-state index is 12.8. The molecule has 0 aliphatic carbocycles. The van der Waals surface area contributed by atoms with Gasteiger partial charge in [-0.15, -0.1) is 0 Å². The fourth-order valence-corrected chi connectivity index (χ4v) is 4.09. The number of hydrogen-bond acceptors (Lipinski definition) is 4. The Morgan fingerprint density at radius 3 is 2.58 bits per heavy atom. The summed E-state index contributed by atoms with van der Waals surface area (Å²) >= 11 is 0. The number of anilines is 1. The molecule has 2 aromatic carbocycles. The van der Waals surface area contributed by atoms with Gasteiger partial charge in [0.2, 0.25) is 5.91 Å². The Hall–Kier alpha value is -2.67. The highest BCUT2D eigenvalue weighted by Gasteiger charge is 2.36. The molecule has 136 valence electrons. The molecule has 1 amide bonds. The summed E-state index contributed by atoms with van der Waals surface area (Å²) in [7, 11) is -3.35. The lowest BCUT2D eigenvalue weighted by Gasteiger charge is -2.17. The van der Waals surface area contributed by atoms with Crippen molar-refractivity contribution < 1.29 is 23.1 Å². The van der Waals surface area contributed by atoms with Crippen LogP contribution in [0.4, 0.5) is 5.69 Å². The molecular weight excluding hydrogens is 354 g/mol. The first kappa shape index (κ1) is 18.1. The number of nitrogens with zero attached hydrogens (tertiary/aromatic N) is 1. The zero-order valence-corrected chi connectivity index (χ0v) is 15.1. The summed E-state index contributed by atoms with van der Waals surface area (Å²) in [6.45, 7) is 1.65. The Morgan fingerprint density at radius 2 is 1.88 bits per heavy atom. The van der Waals surface area contributed by atoms with E-state index in [1.54, 1.807) is 43.3 Å². The number of aliphatic carboxylic acids is 1. The predicted octanol–water partition coefficient (Wildman–Crippen LogP) is 2.24. The zero-order valence-electron chi connectivity index (χ0n) is 14.3. The van der Waals surface area contributed by atoms with Crippen molar-refractivity contribution in [1.82, 2.24) is 0 Å². The minimum Gasteiger partial charge on any atom is -0.481 e. The summed E-state index contributed by atoms with van der Waals surface area (Å²) in [5, 5.41) is 9.40. The fourth-order valence-electron chi connectivity index (χ4n) is 3.14. The van der Waals surface area contributed by atoms with E-state index >= 15 is 0 Å². The summed E-state index contributed by atoms with van der Waals surface area (Å²) in [4.78, 5) is 25.9. The molecule has 0 bridgehead atoms. The Kier molecular flexibility index (Phi) is 4.82. The van der Waals surface area contributed by atoms with Crippen LogP contribution in [-0.2, 0) is 25.8 Å². The standard InChI is InChI=1S/C19H19NO5S/c1-2-26(24,25)14-7-5-6-13(10-14)11-18(21)20-12-16(19(22)23)15-8-3-4-9-17(15)20/h3-10,16H,2,11-12H2,1H3,(H,22,23). The lowest BCUT2D eigenvalue weighted by atomic mass is 10.0. The fraction of sp³-hybridized carbons (Fsp3) is 0.263. The Labute approximate surface area is 152 Å². The van der Waals surface area contributed by atoms with Gasteiger partial charge in [0.05, 0.1) is 17.1 Å². The Morgan fingerprint density at radius 1 is 1.15 bits per heavy atom. The number of fused-ring (bicyclic) bond motifs is 1. The summed E-state index contributed by atoms with van der Waals surface area (Å²) in [5.74, 6) is -1.98. The highest BCUT2D eigenvalue weighted by molar-refractivity contribution is 7.91. The largest absolute Gasteiger partial charge is 0.481 e. The van der Waals surface area contributed by atoms with Crippen LogP contribution in [0, 0.1) is 0 Å². The van der Waals surface area contributed by atoms with E-state index in [1.807, 2.05) is 0 Å². The summed E-state index contributed by atoms with van der Waals surface area (Å²) in [6.07, 6.45) is 0.00769. The maximum Gasteiger partial charge on any atom is 0.312 e. The molecular formula is C19H19NO5S. The maximum atomic E-state index is 12.8. The van der Waals surface area contributed by atoms with Gasteiger partial charge in [-0.25, -0.2) is 8.42 Å². The van der Waals surface area contributed by atoms with Crippen molar-refractivity contribution >= 4 is 27.4 Å². The highest BCUT2D eigenvalue weighted by atomic mass is 32.2. The molecule has 7 heteroatoms. The van der Waals surface area contributed by atoms with Crippen LogP contribution in [0.3, 0.4) is 0 Å². The van der Waals surface area contributed by atoms with Gasteiger partial charge >= 0.3 is 5.97 Å². The minimum absolute atomic E-state index is 0.00769.